The van der Waals surface area contributed by atoms with E-state index in [9.17, 15) is 9.59 Å². The average Bonchev–Trinajstić information content (AvgIpc) is 3.12. The highest BCUT2D eigenvalue weighted by Crippen LogP contribution is 2.33. The summed E-state index contributed by atoms with van der Waals surface area (Å²) in [7, 11) is 3.12. The summed E-state index contributed by atoms with van der Waals surface area (Å²) in [5.41, 5.74) is 1.30. The minimum Gasteiger partial charge on any atom is -0.493 e. The van der Waals surface area contributed by atoms with E-state index < -0.39 is 0 Å². The molecule has 0 radical (unpaired) electrons. The van der Waals surface area contributed by atoms with Crippen LogP contribution in [0.25, 0.3) is 10.8 Å². The van der Waals surface area contributed by atoms with Gasteiger partial charge in [-0.2, -0.15) is 0 Å². The maximum atomic E-state index is 12.7. The molecule has 2 amide bonds. The lowest BCUT2D eigenvalue weighted by molar-refractivity contribution is -0.117. The smallest absolute Gasteiger partial charge is 0.251 e. The van der Waals surface area contributed by atoms with Crippen molar-refractivity contribution in [1.29, 1.82) is 0 Å². The molecule has 0 spiro atoms. The van der Waals surface area contributed by atoms with Crippen LogP contribution in [0, 0.1) is 0 Å². The summed E-state index contributed by atoms with van der Waals surface area (Å²) >= 11 is 0. The molecule has 3 aromatic carbocycles. The van der Waals surface area contributed by atoms with Crippen LogP contribution in [-0.4, -0.2) is 38.6 Å². The Bertz CT molecular complexity index is 1080. The van der Waals surface area contributed by atoms with Gasteiger partial charge in [0.1, 0.15) is 0 Å². The molecule has 1 atom stereocenters. The summed E-state index contributed by atoms with van der Waals surface area (Å²) in [6, 6.07) is 18.6. The fourth-order valence-corrected chi connectivity index (χ4v) is 3.65. The van der Waals surface area contributed by atoms with Crippen LogP contribution in [0.3, 0.4) is 0 Å². The highest BCUT2D eigenvalue weighted by Gasteiger charge is 2.32. The number of methoxy groups -OCH3 is 2. The number of ether oxygens (including phenoxy) is 2. The molecular weight excluding hydrogens is 368 g/mol. The van der Waals surface area contributed by atoms with Crippen molar-refractivity contribution in [2.45, 2.75) is 12.5 Å². The van der Waals surface area contributed by atoms with E-state index in [1.165, 1.54) is 0 Å². The predicted molar refractivity (Wildman–Crippen MR) is 112 cm³/mol. The summed E-state index contributed by atoms with van der Waals surface area (Å²) in [4.78, 5) is 26.9. The minimum atomic E-state index is -0.255. The van der Waals surface area contributed by atoms with Crippen molar-refractivity contribution in [1.82, 2.24) is 5.32 Å². The number of amides is 2. The third kappa shape index (κ3) is 3.74. The van der Waals surface area contributed by atoms with E-state index in [1.807, 2.05) is 42.5 Å². The Morgan fingerprint density at radius 1 is 0.966 bits per heavy atom. The standard InChI is InChI=1S/C23H22N2O4/c1-28-20-10-9-19(13-21(20)29-2)25-14-18(12-22(25)26)24-23(27)17-8-7-15-5-3-4-6-16(15)11-17/h3-11,13,18H,12,14H2,1-2H3,(H,24,27)/t18-/m1/s1. The maximum Gasteiger partial charge on any atom is 0.251 e. The topological polar surface area (TPSA) is 67.9 Å². The van der Waals surface area contributed by atoms with Gasteiger partial charge in [-0.25, -0.2) is 0 Å². The van der Waals surface area contributed by atoms with E-state index >= 15 is 0 Å². The zero-order valence-corrected chi connectivity index (χ0v) is 16.3. The molecule has 3 aromatic rings. The molecule has 1 fully saturated rings. The third-order valence-electron chi connectivity index (χ3n) is 5.15. The molecule has 0 bridgehead atoms. The van der Waals surface area contributed by atoms with Crippen LogP contribution in [0.4, 0.5) is 5.69 Å². The number of benzene rings is 3. The molecule has 1 saturated heterocycles. The quantitative estimate of drug-likeness (QED) is 0.725. The lowest BCUT2D eigenvalue weighted by Crippen LogP contribution is -2.37. The van der Waals surface area contributed by atoms with Gasteiger partial charge in [0, 0.05) is 30.3 Å². The Morgan fingerprint density at radius 2 is 1.72 bits per heavy atom. The molecule has 6 nitrogen and oxygen atoms in total. The summed E-state index contributed by atoms with van der Waals surface area (Å²) in [6.07, 6.45) is 0.258. The monoisotopic (exact) mass is 390 g/mol. The van der Waals surface area contributed by atoms with Crippen molar-refractivity contribution < 1.29 is 19.1 Å². The van der Waals surface area contributed by atoms with Crippen LogP contribution in [0.2, 0.25) is 0 Å². The third-order valence-corrected chi connectivity index (χ3v) is 5.15. The molecule has 1 heterocycles. The number of nitrogens with one attached hydrogen (secondary N) is 1. The van der Waals surface area contributed by atoms with E-state index in [1.54, 1.807) is 37.3 Å². The zero-order chi connectivity index (χ0) is 20.4. The molecule has 0 aromatic heterocycles. The minimum absolute atomic E-state index is 0.0407. The van der Waals surface area contributed by atoms with Crippen molar-refractivity contribution in [3.8, 4) is 11.5 Å². The number of carbonyl (C=O) groups excluding carboxylic acids is 2. The normalized spacial score (nSPS) is 16.1. The summed E-state index contributed by atoms with van der Waals surface area (Å²) in [6.45, 7) is 0.410. The van der Waals surface area contributed by atoms with Gasteiger partial charge in [-0.3, -0.25) is 9.59 Å². The molecule has 29 heavy (non-hydrogen) atoms. The molecule has 1 aliphatic heterocycles. The first-order valence-electron chi connectivity index (χ1n) is 9.41. The second-order valence-corrected chi connectivity index (χ2v) is 6.98. The summed E-state index contributed by atoms with van der Waals surface area (Å²) < 4.78 is 10.6. The Balaban J connectivity index is 1.48. The summed E-state index contributed by atoms with van der Waals surface area (Å²) in [5, 5.41) is 5.08. The van der Waals surface area contributed by atoms with Crippen molar-refractivity contribution in [3.63, 3.8) is 0 Å². The van der Waals surface area contributed by atoms with E-state index in [4.69, 9.17) is 9.47 Å². The average molecular weight is 390 g/mol. The SMILES string of the molecule is COc1ccc(N2C[C@H](NC(=O)c3ccc4ccccc4c3)CC2=O)cc1OC. The van der Waals surface area contributed by atoms with Gasteiger partial charge in [-0.05, 0) is 35.0 Å². The highest BCUT2D eigenvalue weighted by atomic mass is 16.5. The molecule has 0 unspecified atom stereocenters. The number of nitrogens with zero attached hydrogens (tertiary/aromatic N) is 1. The van der Waals surface area contributed by atoms with E-state index in [-0.39, 0.29) is 24.3 Å². The zero-order valence-electron chi connectivity index (χ0n) is 16.3. The van der Waals surface area contributed by atoms with Crippen LogP contribution in [0.1, 0.15) is 16.8 Å². The second-order valence-electron chi connectivity index (χ2n) is 6.98. The van der Waals surface area contributed by atoms with Crippen LogP contribution in [0.15, 0.2) is 60.7 Å². The molecule has 0 saturated carbocycles. The molecular formula is C23H22N2O4. The van der Waals surface area contributed by atoms with E-state index in [0.717, 1.165) is 16.5 Å². The molecule has 0 aliphatic carbocycles. The number of fused-ring (bicyclic) bond motifs is 1. The van der Waals surface area contributed by atoms with Crippen LogP contribution < -0.4 is 19.7 Å². The number of hydrogen-bond acceptors (Lipinski definition) is 4. The Kier molecular flexibility index (Phi) is 5.08. The largest absolute Gasteiger partial charge is 0.493 e. The first-order valence-corrected chi connectivity index (χ1v) is 9.41. The van der Waals surface area contributed by atoms with Gasteiger partial charge in [0.2, 0.25) is 5.91 Å². The number of carbonyl (C=O) groups is 2. The van der Waals surface area contributed by atoms with Gasteiger partial charge in [0.25, 0.3) is 5.91 Å². The highest BCUT2D eigenvalue weighted by molar-refractivity contribution is 6.01. The van der Waals surface area contributed by atoms with Gasteiger partial charge >= 0.3 is 0 Å². The summed E-state index contributed by atoms with van der Waals surface area (Å²) in [5.74, 6) is 0.939. The molecule has 6 heteroatoms. The van der Waals surface area contributed by atoms with Crippen LogP contribution >= 0.6 is 0 Å². The molecule has 4 rings (SSSR count). The molecule has 148 valence electrons. The van der Waals surface area contributed by atoms with Crippen molar-refractivity contribution >= 4 is 28.3 Å². The van der Waals surface area contributed by atoms with Crippen molar-refractivity contribution in [3.05, 3.63) is 66.2 Å². The number of rotatable bonds is 5. The number of anilines is 1. The van der Waals surface area contributed by atoms with E-state index in [0.29, 0.717) is 23.6 Å². The Morgan fingerprint density at radius 3 is 2.48 bits per heavy atom. The lowest BCUT2D eigenvalue weighted by Gasteiger charge is -2.19. The number of hydrogen-bond donors (Lipinski definition) is 1. The maximum absolute atomic E-state index is 12.7. The van der Waals surface area contributed by atoms with Gasteiger partial charge in [0.05, 0.1) is 20.3 Å². The van der Waals surface area contributed by atoms with Crippen LogP contribution in [0.5, 0.6) is 11.5 Å². The lowest BCUT2D eigenvalue weighted by atomic mass is 10.1. The first kappa shape index (κ1) is 18.8. The Hall–Kier alpha value is -3.54. The second kappa shape index (κ2) is 7.83. The molecule has 1 N–H and O–H groups in total. The van der Waals surface area contributed by atoms with Crippen LogP contribution in [-0.2, 0) is 4.79 Å². The van der Waals surface area contributed by atoms with Crippen molar-refractivity contribution in [2.24, 2.45) is 0 Å². The first-order chi connectivity index (χ1) is 14.1. The van der Waals surface area contributed by atoms with Gasteiger partial charge in [-0.1, -0.05) is 30.3 Å². The fraction of sp³-hybridized carbons (Fsp3) is 0.217. The predicted octanol–water partition coefficient (Wildman–Crippen LogP) is 3.39. The van der Waals surface area contributed by atoms with Crippen molar-refractivity contribution in [2.75, 3.05) is 25.7 Å². The van der Waals surface area contributed by atoms with Gasteiger partial charge < -0.3 is 19.7 Å². The Labute approximate surface area is 169 Å². The van der Waals surface area contributed by atoms with Gasteiger partial charge in [0.15, 0.2) is 11.5 Å². The molecule has 1 aliphatic rings. The van der Waals surface area contributed by atoms with E-state index in [2.05, 4.69) is 5.32 Å². The van der Waals surface area contributed by atoms with Gasteiger partial charge in [-0.15, -0.1) is 0 Å². The fourth-order valence-electron chi connectivity index (χ4n) is 3.65.